The van der Waals surface area contributed by atoms with E-state index >= 15 is 0 Å². The van der Waals surface area contributed by atoms with Crippen LogP contribution in [-0.2, 0) is 0 Å². The summed E-state index contributed by atoms with van der Waals surface area (Å²) in [6, 6.07) is 0. The van der Waals surface area contributed by atoms with E-state index in [1.165, 1.54) is 19.3 Å². The number of aryl methyl sites for hydroxylation is 1. The first-order valence-corrected chi connectivity index (χ1v) is 5.74. The first-order chi connectivity index (χ1) is 6.25. The standard InChI is InChI=1S/C10H15NOS/c1-7-6-13-10(11-7)9(12)5-4-8-2-3-8/h6,8-9,12H,2-5H2,1H3. The third-order valence-electron chi connectivity index (χ3n) is 2.47. The molecule has 1 heterocycles. The molecule has 1 fully saturated rings. The number of thiazole rings is 1. The first kappa shape index (κ1) is 9.16. The highest BCUT2D eigenvalue weighted by Crippen LogP contribution is 2.36. The monoisotopic (exact) mass is 197 g/mol. The van der Waals surface area contributed by atoms with Crippen LogP contribution >= 0.6 is 11.3 Å². The van der Waals surface area contributed by atoms with Crippen molar-refractivity contribution in [2.75, 3.05) is 0 Å². The van der Waals surface area contributed by atoms with Crippen LogP contribution < -0.4 is 0 Å². The van der Waals surface area contributed by atoms with Crippen LogP contribution in [-0.4, -0.2) is 10.1 Å². The van der Waals surface area contributed by atoms with Gasteiger partial charge in [0.25, 0.3) is 0 Å². The fourth-order valence-electron chi connectivity index (χ4n) is 1.45. The van der Waals surface area contributed by atoms with Gasteiger partial charge < -0.3 is 5.11 Å². The summed E-state index contributed by atoms with van der Waals surface area (Å²) in [5, 5.41) is 12.6. The van der Waals surface area contributed by atoms with Crippen LogP contribution in [0.25, 0.3) is 0 Å². The summed E-state index contributed by atoms with van der Waals surface area (Å²) in [6.07, 6.45) is 4.46. The SMILES string of the molecule is Cc1csc(C(O)CCC2CC2)n1. The lowest BCUT2D eigenvalue weighted by Gasteiger charge is -2.05. The lowest BCUT2D eigenvalue weighted by molar-refractivity contribution is 0.162. The van der Waals surface area contributed by atoms with Crippen molar-refractivity contribution in [1.82, 2.24) is 4.98 Å². The molecule has 1 unspecified atom stereocenters. The summed E-state index contributed by atoms with van der Waals surface area (Å²) < 4.78 is 0. The maximum absolute atomic E-state index is 9.76. The van der Waals surface area contributed by atoms with Gasteiger partial charge in [-0.1, -0.05) is 12.8 Å². The van der Waals surface area contributed by atoms with Gasteiger partial charge in [0.15, 0.2) is 0 Å². The van der Waals surface area contributed by atoms with Gasteiger partial charge in [0.05, 0.1) is 0 Å². The molecule has 0 spiro atoms. The molecule has 1 aliphatic carbocycles. The number of aliphatic hydroxyl groups excluding tert-OH is 1. The molecule has 0 aromatic carbocycles. The molecule has 3 heteroatoms. The molecule has 0 bridgehead atoms. The Labute approximate surface area is 82.6 Å². The number of aromatic nitrogens is 1. The second-order valence-corrected chi connectivity index (χ2v) is 4.75. The molecule has 13 heavy (non-hydrogen) atoms. The number of aliphatic hydroxyl groups is 1. The van der Waals surface area contributed by atoms with E-state index in [1.54, 1.807) is 11.3 Å². The highest BCUT2D eigenvalue weighted by Gasteiger charge is 2.23. The molecule has 1 aliphatic rings. The van der Waals surface area contributed by atoms with Gasteiger partial charge >= 0.3 is 0 Å². The molecule has 1 aromatic heterocycles. The summed E-state index contributed by atoms with van der Waals surface area (Å²) in [7, 11) is 0. The molecule has 2 nitrogen and oxygen atoms in total. The normalized spacial score (nSPS) is 18.9. The molecule has 0 amide bonds. The topological polar surface area (TPSA) is 33.1 Å². The third kappa shape index (κ3) is 2.51. The molecule has 2 rings (SSSR count). The summed E-state index contributed by atoms with van der Waals surface area (Å²) >= 11 is 1.57. The van der Waals surface area contributed by atoms with Gasteiger partial charge in [-0.2, -0.15) is 0 Å². The van der Waals surface area contributed by atoms with Crippen molar-refractivity contribution in [3.05, 3.63) is 16.1 Å². The van der Waals surface area contributed by atoms with Crippen LogP contribution in [0.3, 0.4) is 0 Å². The van der Waals surface area contributed by atoms with Crippen LogP contribution in [0, 0.1) is 12.8 Å². The molecule has 0 radical (unpaired) electrons. The Morgan fingerprint density at radius 2 is 2.46 bits per heavy atom. The Balaban J connectivity index is 1.84. The van der Waals surface area contributed by atoms with Crippen molar-refractivity contribution in [2.45, 2.75) is 38.7 Å². The van der Waals surface area contributed by atoms with Gasteiger partial charge in [-0.3, -0.25) is 0 Å². The Bertz CT molecular complexity index is 280. The van der Waals surface area contributed by atoms with Crippen LogP contribution in [0.1, 0.15) is 42.5 Å². The van der Waals surface area contributed by atoms with E-state index in [9.17, 15) is 5.11 Å². The van der Waals surface area contributed by atoms with Crippen molar-refractivity contribution in [3.8, 4) is 0 Å². The quantitative estimate of drug-likeness (QED) is 0.805. The second-order valence-electron chi connectivity index (χ2n) is 3.86. The Morgan fingerprint density at radius 1 is 1.69 bits per heavy atom. The number of rotatable bonds is 4. The van der Waals surface area contributed by atoms with E-state index < -0.39 is 0 Å². The van der Waals surface area contributed by atoms with Crippen molar-refractivity contribution >= 4 is 11.3 Å². The largest absolute Gasteiger partial charge is 0.386 e. The second kappa shape index (κ2) is 3.76. The molecule has 1 atom stereocenters. The van der Waals surface area contributed by atoms with E-state index in [2.05, 4.69) is 4.98 Å². The van der Waals surface area contributed by atoms with Crippen LogP contribution in [0.2, 0.25) is 0 Å². The number of hydrogen-bond acceptors (Lipinski definition) is 3. The predicted molar refractivity (Wildman–Crippen MR) is 53.8 cm³/mol. The van der Waals surface area contributed by atoms with Crippen molar-refractivity contribution in [2.24, 2.45) is 5.92 Å². The first-order valence-electron chi connectivity index (χ1n) is 4.86. The third-order valence-corrected chi connectivity index (χ3v) is 3.53. The van der Waals surface area contributed by atoms with E-state index in [4.69, 9.17) is 0 Å². The lowest BCUT2D eigenvalue weighted by atomic mass is 10.1. The van der Waals surface area contributed by atoms with Gasteiger partial charge in [0.2, 0.25) is 0 Å². The smallest absolute Gasteiger partial charge is 0.121 e. The minimum atomic E-state index is -0.320. The molecule has 1 N–H and O–H groups in total. The Kier molecular flexibility index (Phi) is 2.65. The minimum absolute atomic E-state index is 0.320. The zero-order valence-electron chi connectivity index (χ0n) is 7.86. The molecule has 1 saturated carbocycles. The maximum atomic E-state index is 9.76. The zero-order valence-corrected chi connectivity index (χ0v) is 8.68. The van der Waals surface area contributed by atoms with E-state index in [1.807, 2.05) is 12.3 Å². The maximum Gasteiger partial charge on any atom is 0.121 e. The van der Waals surface area contributed by atoms with Crippen LogP contribution in [0.5, 0.6) is 0 Å². The number of hydrogen-bond donors (Lipinski definition) is 1. The molecule has 1 aromatic rings. The minimum Gasteiger partial charge on any atom is -0.386 e. The molecule has 0 saturated heterocycles. The predicted octanol–water partition coefficient (Wildman–Crippen LogP) is 2.68. The summed E-state index contributed by atoms with van der Waals surface area (Å²) in [5.74, 6) is 0.899. The summed E-state index contributed by atoms with van der Waals surface area (Å²) in [4.78, 5) is 4.28. The van der Waals surface area contributed by atoms with E-state index in [-0.39, 0.29) is 6.10 Å². The van der Waals surface area contributed by atoms with Gasteiger partial charge in [-0.05, 0) is 25.7 Å². The molecule has 72 valence electrons. The van der Waals surface area contributed by atoms with Gasteiger partial charge in [-0.15, -0.1) is 11.3 Å². The van der Waals surface area contributed by atoms with E-state index in [0.29, 0.717) is 0 Å². The van der Waals surface area contributed by atoms with Gasteiger partial charge in [0, 0.05) is 11.1 Å². The molecular formula is C10H15NOS. The van der Waals surface area contributed by atoms with Crippen LogP contribution in [0.4, 0.5) is 0 Å². The van der Waals surface area contributed by atoms with Crippen molar-refractivity contribution < 1.29 is 5.11 Å². The fourth-order valence-corrected chi connectivity index (χ4v) is 2.26. The molecule has 0 aliphatic heterocycles. The Morgan fingerprint density at radius 3 is 3.00 bits per heavy atom. The zero-order chi connectivity index (χ0) is 9.26. The van der Waals surface area contributed by atoms with Crippen molar-refractivity contribution in [3.63, 3.8) is 0 Å². The average molecular weight is 197 g/mol. The van der Waals surface area contributed by atoms with Crippen molar-refractivity contribution in [1.29, 1.82) is 0 Å². The highest BCUT2D eigenvalue weighted by molar-refractivity contribution is 7.09. The Hall–Kier alpha value is -0.410. The average Bonchev–Trinajstić information content (AvgIpc) is 2.84. The van der Waals surface area contributed by atoms with Gasteiger partial charge in [0.1, 0.15) is 11.1 Å². The highest BCUT2D eigenvalue weighted by atomic mass is 32.1. The fraction of sp³-hybridized carbons (Fsp3) is 0.700. The van der Waals surface area contributed by atoms with Crippen LogP contribution in [0.15, 0.2) is 5.38 Å². The van der Waals surface area contributed by atoms with E-state index in [0.717, 1.165) is 23.0 Å². The summed E-state index contributed by atoms with van der Waals surface area (Å²) in [6.45, 7) is 1.97. The number of nitrogens with zero attached hydrogens (tertiary/aromatic N) is 1. The van der Waals surface area contributed by atoms with Gasteiger partial charge in [-0.25, -0.2) is 4.98 Å². The lowest BCUT2D eigenvalue weighted by Crippen LogP contribution is -1.97. The molecular weight excluding hydrogens is 182 g/mol. The summed E-state index contributed by atoms with van der Waals surface area (Å²) in [5.41, 5.74) is 1.02.